The van der Waals surface area contributed by atoms with Gasteiger partial charge in [0.2, 0.25) is 0 Å². The molecular formula is C20H30N2O. The Morgan fingerprint density at radius 2 is 1.83 bits per heavy atom. The van der Waals surface area contributed by atoms with Crippen LogP contribution in [0.4, 0.5) is 0 Å². The summed E-state index contributed by atoms with van der Waals surface area (Å²) in [5.41, 5.74) is 6.09. The standard InChI is InChI=1S/C20H30N2O/c1-14-11-17(13-20(5,6)12-14)21-22-18(23)15-7-9-16(10-8-15)19(2,3)4/h7-10,14H,11-13H2,1-6H3,(H,22,23). The van der Waals surface area contributed by atoms with Gasteiger partial charge >= 0.3 is 0 Å². The fourth-order valence-electron chi connectivity index (χ4n) is 3.52. The number of nitrogens with one attached hydrogen (secondary N) is 1. The zero-order chi connectivity index (χ0) is 17.3. The van der Waals surface area contributed by atoms with Crippen LogP contribution in [0.3, 0.4) is 0 Å². The summed E-state index contributed by atoms with van der Waals surface area (Å²) in [6, 6.07) is 7.80. The van der Waals surface area contributed by atoms with Crippen molar-refractivity contribution in [3.8, 4) is 0 Å². The predicted molar refractivity (Wildman–Crippen MR) is 96.8 cm³/mol. The van der Waals surface area contributed by atoms with Gasteiger partial charge in [0.1, 0.15) is 0 Å². The normalized spacial score (nSPS) is 22.9. The first kappa shape index (κ1) is 17.7. The minimum Gasteiger partial charge on any atom is -0.267 e. The fourth-order valence-corrected chi connectivity index (χ4v) is 3.52. The van der Waals surface area contributed by atoms with Crippen LogP contribution in [0.5, 0.6) is 0 Å². The highest BCUT2D eigenvalue weighted by molar-refractivity contribution is 5.95. The first-order valence-electron chi connectivity index (χ1n) is 8.53. The van der Waals surface area contributed by atoms with Crippen LogP contribution >= 0.6 is 0 Å². The van der Waals surface area contributed by atoms with Crippen LogP contribution in [0.2, 0.25) is 0 Å². The summed E-state index contributed by atoms with van der Waals surface area (Å²) in [6.45, 7) is 13.3. The highest BCUT2D eigenvalue weighted by Crippen LogP contribution is 2.36. The number of hydrazone groups is 1. The van der Waals surface area contributed by atoms with Crippen LogP contribution < -0.4 is 5.43 Å². The number of amides is 1. The summed E-state index contributed by atoms with van der Waals surface area (Å²) in [5, 5.41) is 4.39. The Balaban J connectivity index is 2.03. The van der Waals surface area contributed by atoms with Crippen molar-refractivity contribution in [3.63, 3.8) is 0 Å². The zero-order valence-corrected chi connectivity index (χ0v) is 15.4. The lowest BCUT2D eigenvalue weighted by atomic mass is 9.72. The van der Waals surface area contributed by atoms with Gasteiger partial charge in [-0.05, 0) is 53.7 Å². The molecular weight excluding hydrogens is 284 g/mol. The lowest BCUT2D eigenvalue weighted by molar-refractivity contribution is 0.0954. The number of rotatable bonds is 2. The van der Waals surface area contributed by atoms with Crippen LogP contribution in [0, 0.1) is 11.3 Å². The minimum absolute atomic E-state index is 0.0963. The van der Waals surface area contributed by atoms with Crippen LogP contribution in [-0.4, -0.2) is 11.6 Å². The molecule has 1 aromatic carbocycles. The number of carbonyl (C=O) groups is 1. The maximum atomic E-state index is 12.3. The molecule has 1 amide bonds. The Morgan fingerprint density at radius 3 is 2.35 bits per heavy atom. The average molecular weight is 314 g/mol. The molecule has 2 rings (SSSR count). The number of hydrogen-bond donors (Lipinski definition) is 1. The van der Waals surface area contributed by atoms with E-state index in [1.54, 1.807) is 0 Å². The number of carbonyl (C=O) groups excluding carboxylic acids is 1. The van der Waals surface area contributed by atoms with Gasteiger partial charge in [0.25, 0.3) is 5.91 Å². The quantitative estimate of drug-likeness (QED) is 0.774. The molecule has 0 heterocycles. The molecule has 0 bridgehead atoms. The molecule has 3 heteroatoms. The van der Waals surface area contributed by atoms with Gasteiger partial charge in [-0.3, -0.25) is 4.79 Å². The summed E-state index contributed by atoms with van der Waals surface area (Å²) in [6.07, 6.45) is 3.15. The van der Waals surface area contributed by atoms with E-state index in [-0.39, 0.29) is 16.7 Å². The molecule has 1 saturated carbocycles. The maximum absolute atomic E-state index is 12.3. The van der Waals surface area contributed by atoms with Crippen molar-refractivity contribution < 1.29 is 4.79 Å². The van der Waals surface area contributed by atoms with Gasteiger partial charge in [0, 0.05) is 11.3 Å². The van der Waals surface area contributed by atoms with Crippen molar-refractivity contribution in [1.29, 1.82) is 0 Å². The highest BCUT2D eigenvalue weighted by Gasteiger charge is 2.29. The second-order valence-corrected chi connectivity index (χ2v) is 8.80. The largest absolute Gasteiger partial charge is 0.271 e. The fraction of sp³-hybridized carbons (Fsp3) is 0.600. The molecule has 3 nitrogen and oxygen atoms in total. The van der Waals surface area contributed by atoms with Gasteiger partial charge in [-0.1, -0.05) is 53.7 Å². The Labute approximate surface area is 140 Å². The van der Waals surface area contributed by atoms with Crippen LogP contribution in [0.1, 0.15) is 76.7 Å². The summed E-state index contributed by atoms with van der Waals surface area (Å²) < 4.78 is 0. The molecule has 1 aliphatic carbocycles. The molecule has 1 fully saturated rings. The van der Waals surface area contributed by atoms with Crippen molar-refractivity contribution >= 4 is 11.6 Å². The molecule has 1 unspecified atom stereocenters. The molecule has 0 spiro atoms. The van der Waals surface area contributed by atoms with E-state index in [0.29, 0.717) is 11.5 Å². The topological polar surface area (TPSA) is 41.5 Å². The summed E-state index contributed by atoms with van der Waals surface area (Å²) in [7, 11) is 0. The zero-order valence-electron chi connectivity index (χ0n) is 15.4. The van der Waals surface area contributed by atoms with E-state index in [9.17, 15) is 4.79 Å². The minimum atomic E-state index is -0.131. The molecule has 23 heavy (non-hydrogen) atoms. The summed E-state index contributed by atoms with van der Waals surface area (Å²) in [4.78, 5) is 12.3. The molecule has 0 aliphatic heterocycles. The van der Waals surface area contributed by atoms with Gasteiger partial charge in [-0.2, -0.15) is 5.10 Å². The van der Waals surface area contributed by atoms with Gasteiger partial charge < -0.3 is 0 Å². The highest BCUT2D eigenvalue weighted by atomic mass is 16.2. The van der Waals surface area contributed by atoms with E-state index in [4.69, 9.17) is 0 Å². The van der Waals surface area contributed by atoms with Crippen LogP contribution in [0.15, 0.2) is 29.4 Å². The Morgan fingerprint density at radius 1 is 1.22 bits per heavy atom. The average Bonchev–Trinajstić information content (AvgIpc) is 2.42. The molecule has 0 saturated heterocycles. The van der Waals surface area contributed by atoms with Crippen LogP contribution in [-0.2, 0) is 5.41 Å². The van der Waals surface area contributed by atoms with Gasteiger partial charge in [0.05, 0.1) is 0 Å². The van der Waals surface area contributed by atoms with E-state index in [1.807, 2.05) is 24.3 Å². The van der Waals surface area contributed by atoms with E-state index < -0.39 is 0 Å². The second kappa shape index (κ2) is 6.46. The smallest absolute Gasteiger partial charge is 0.267 e. The monoisotopic (exact) mass is 314 g/mol. The molecule has 0 radical (unpaired) electrons. The Kier molecular flexibility index (Phi) is 4.98. The third kappa shape index (κ3) is 4.92. The predicted octanol–water partition coefficient (Wildman–Crippen LogP) is 4.92. The summed E-state index contributed by atoms with van der Waals surface area (Å²) >= 11 is 0. The Hall–Kier alpha value is -1.64. The Bertz CT molecular complexity index is 591. The number of hydrogen-bond acceptors (Lipinski definition) is 2. The molecule has 126 valence electrons. The lowest BCUT2D eigenvalue weighted by Crippen LogP contribution is -2.30. The van der Waals surface area contributed by atoms with E-state index >= 15 is 0 Å². The van der Waals surface area contributed by atoms with Crippen molar-refractivity contribution in [1.82, 2.24) is 5.43 Å². The second-order valence-electron chi connectivity index (χ2n) is 8.80. The maximum Gasteiger partial charge on any atom is 0.271 e. The first-order valence-corrected chi connectivity index (χ1v) is 8.53. The molecule has 0 aromatic heterocycles. The van der Waals surface area contributed by atoms with Crippen molar-refractivity contribution in [2.45, 2.75) is 66.2 Å². The summed E-state index contributed by atoms with van der Waals surface area (Å²) in [5.74, 6) is 0.495. The van der Waals surface area contributed by atoms with Crippen molar-refractivity contribution in [2.24, 2.45) is 16.4 Å². The third-order valence-electron chi connectivity index (χ3n) is 4.50. The van der Waals surface area contributed by atoms with E-state index in [0.717, 1.165) is 18.6 Å². The molecule has 1 N–H and O–H groups in total. The SMILES string of the molecule is CC1CC(=NNC(=O)c2ccc(C(C)(C)C)cc2)CC(C)(C)C1. The van der Waals surface area contributed by atoms with Gasteiger partial charge in [-0.25, -0.2) is 5.43 Å². The molecule has 1 aromatic rings. The van der Waals surface area contributed by atoms with Crippen molar-refractivity contribution in [3.05, 3.63) is 35.4 Å². The number of nitrogens with zero attached hydrogens (tertiary/aromatic N) is 1. The van der Waals surface area contributed by atoms with E-state index in [2.05, 4.69) is 52.1 Å². The van der Waals surface area contributed by atoms with Crippen LogP contribution in [0.25, 0.3) is 0 Å². The molecule has 1 atom stereocenters. The third-order valence-corrected chi connectivity index (χ3v) is 4.50. The first-order chi connectivity index (χ1) is 10.6. The van der Waals surface area contributed by atoms with Gasteiger partial charge in [-0.15, -0.1) is 0 Å². The lowest BCUT2D eigenvalue weighted by Gasteiger charge is -2.34. The van der Waals surface area contributed by atoms with E-state index in [1.165, 1.54) is 12.0 Å². The van der Waals surface area contributed by atoms with Crippen molar-refractivity contribution in [2.75, 3.05) is 0 Å². The number of benzene rings is 1. The van der Waals surface area contributed by atoms with Gasteiger partial charge in [0.15, 0.2) is 0 Å². The molecule has 1 aliphatic rings.